The first-order chi connectivity index (χ1) is 8.63. The van der Waals surface area contributed by atoms with Gasteiger partial charge in [-0.1, -0.05) is 62.9 Å². The van der Waals surface area contributed by atoms with E-state index in [0.29, 0.717) is 17.0 Å². The first-order valence-electron chi connectivity index (χ1n) is 6.82. The molecule has 1 aromatic carbocycles. The fourth-order valence-corrected chi connectivity index (χ4v) is 2.87. The van der Waals surface area contributed by atoms with Crippen molar-refractivity contribution in [3.63, 3.8) is 0 Å². The molecule has 0 saturated carbocycles. The number of hydrogen-bond acceptors (Lipinski definition) is 1. The van der Waals surface area contributed by atoms with Crippen molar-refractivity contribution in [2.75, 3.05) is 6.54 Å². The van der Waals surface area contributed by atoms with Crippen molar-refractivity contribution >= 4 is 23.2 Å². The van der Waals surface area contributed by atoms with Gasteiger partial charge in [-0.2, -0.15) is 0 Å². The lowest BCUT2D eigenvalue weighted by atomic mass is 9.88. The summed E-state index contributed by atoms with van der Waals surface area (Å²) in [6.07, 6.45) is 3.43. The van der Waals surface area contributed by atoms with Crippen LogP contribution in [0.2, 0.25) is 10.0 Å². The second-order valence-electron chi connectivity index (χ2n) is 4.67. The van der Waals surface area contributed by atoms with Crippen LogP contribution in [0.4, 0.5) is 0 Å². The third-order valence-corrected chi connectivity index (χ3v) is 3.99. The number of hydrogen-bond donors (Lipinski definition) is 1. The highest BCUT2D eigenvalue weighted by molar-refractivity contribution is 6.35. The van der Waals surface area contributed by atoms with Crippen LogP contribution in [-0.2, 0) is 0 Å². The standard InChI is InChI=1S/C15H23Cl2N/c1-4-9-18-15(11(5-2)6-3)13-8-7-12(16)10-14(13)17/h7-8,10-11,15,18H,4-6,9H2,1-3H3. The summed E-state index contributed by atoms with van der Waals surface area (Å²) in [5.41, 5.74) is 1.17. The number of benzene rings is 1. The molecule has 0 bridgehead atoms. The zero-order valence-electron chi connectivity index (χ0n) is 11.5. The summed E-state index contributed by atoms with van der Waals surface area (Å²) < 4.78 is 0. The van der Waals surface area contributed by atoms with Crippen LogP contribution in [-0.4, -0.2) is 6.54 Å². The predicted molar refractivity (Wildman–Crippen MR) is 81.6 cm³/mol. The van der Waals surface area contributed by atoms with Gasteiger partial charge in [-0.05, 0) is 36.6 Å². The minimum atomic E-state index is 0.324. The van der Waals surface area contributed by atoms with Gasteiger partial charge in [-0.15, -0.1) is 0 Å². The molecular weight excluding hydrogens is 265 g/mol. The Bertz CT molecular complexity index is 362. The summed E-state index contributed by atoms with van der Waals surface area (Å²) in [4.78, 5) is 0. The Labute approximate surface area is 121 Å². The Morgan fingerprint density at radius 2 is 1.78 bits per heavy atom. The second-order valence-corrected chi connectivity index (χ2v) is 5.52. The maximum absolute atomic E-state index is 6.34. The van der Waals surface area contributed by atoms with E-state index in [1.54, 1.807) is 0 Å². The largest absolute Gasteiger partial charge is 0.310 e. The van der Waals surface area contributed by atoms with Crippen LogP contribution >= 0.6 is 23.2 Å². The smallest absolute Gasteiger partial charge is 0.0468 e. The Hall–Kier alpha value is -0.240. The predicted octanol–water partition coefficient (Wildman–Crippen LogP) is 5.47. The number of halogens is 2. The molecule has 1 nitrogen and oxygen atoms in total. The topological polar surface area (TPSA) is 12.0 Å². The first kappa shape index (κ1) is 15.8. The minimum absolute atomic E-state index is 0.324. The molecule has 102 valence electrons. The van der Waals surface area contributed by atoms with E-state index in [1.165, 1.54) is 5.56 Å². The highest BCUT2D eigenvalue weighted by Gasteiger charge is 2.21. The third-order valence-electron chi connectivity index (χ3n) is 3.43. The second kappa shape index (κ2) is 8.04. The normalized spacial score (nSPS) is 13.0. The molecule has 1 unspecified atom stereocenters. The van der Waals surface area contributed by atoms with Crippen molar-refractivity contribution in [3.8, 4) is 0 Å². The molecule has 0 aliphatic rings. The van der Waals surface area contributed by atoms with Gasteiger partial charge < -0.3 is 5.32 Å². The van der Waals surface area contributed by atoms with Crippen molar-refractivity contribution < 1.29 is 0 Å². The summed E-state index contributed by atoms with van der Waals surface area (Å²) in [5.74, 6) is 0.607. The number of nitrogens with one attached hydrogen (secondary N) is 1. The molecule has 1 atom stereocenters. The molecule has 0 radical (unpaired) electrons. The Balaban J connectivity index is 3.00. The third kappa shape index (κ3) is 4.15. The molecular formula is C15H23Cl2N. The van der Waals surface area contributed by atoms with Gasteiger partial charge in [0.15, 0.2) is 0 Å². The van der Waals surface area contributed by atoms with Crippen LogP contribution in [0.15, 0.2) is 18.2 Å². The van der Waals surface area contributed by atoms with Gasteiger partial charge >= 0.3 is 0 Å². The van der Waals surface area contributed by atoms with Gasteiger partial charge in [0.25, 0.3) is 0 Å². The van der Waals surface area contributed by atoms with Crippen molar-refractivity contribution in [2.45, 2.75) is 46.1 Å². The molecule has 0 aromatic heterocycles. The molecule has 0 aliphatic carbocycles. The van der Waals surface area contributed by atoms with Gasteiger partial charge in [0.2, 0.25) is 0 Å². The molecule has 0 heterocycles. The van der Waals surface area contributed by atoms with E-state index < -0.39 is 0 Å². The molecule has 1 aromatic rings. The molecule has 3 heteroatoms. The summed E-state index contributed by atoms with van der Waals surface area (Å²) in [6, 6.07) is 6.13. The summed E-state index contributed by atoms with van der Waals surface area (Å²) in [7, 11) is 0. The molecule has 0 saturated heterocycles. The molecule has 0 fully saturated rings. The summed E-state index contributed by atoms with van der Waals surface area (Å²) in [5, 5.41) is 5.08. The van der Waals surface area contributed by atoms with E-state index in [-0.39, 0.29) is 0 Å². The highest BCUT2D eigenvalue weighted by atomic mass is 35.5. The Kier molecular flexibility index (Phi) is 7.06. The highest BCUT2D eigenvalue weighted by Crippen LogP contribution is 2.33. The van der Waals surface area contributed by atoms with Gasteiger partial charge in [-0.25, -0.2) is 0 Å². The average Bonchev–Trinajstić information content (AvgIpc) is 2.35. The molecule has 1 rings (SSSR count). The first-order valence-corrected chi connectivity index (χ1v) is 7.57. The molecule has 18 heavy (non-hydrogen) atoms. The zero-order valence-corrected chi connectivity index (χ0v) is 13.0. The fraction of sp³-hybridized carbons (Fsp3) is 0.600. The van der Waals surface area contributed by atoms with Crippen molar-refractivity contribution in [2.24, 2.45) is 5.92 Å². The monoisotopic (exact) mass is 287 g/mol. The van der Waals surface area contributed by atoms with E-state index in [9.17, 15) is 0 Å². The van der Waals surface area contributed by atoms with Crippen molar-refractivity contribution in [3.05, 3.63) is 33.8 Å². The maximum Gasteiger partial charge on any atom is 0.0468 e. The summed E-state index contributed by atoms with van der Waals surface area (Å²) >= 11 is 12.3. The van der Waals surface area contributed by atoms with Crippen LogP contribution in [0, 0.1) is 5.92 Å². The van der Waals surface area contributed by atoms with E-state index >= 15 is 0 Å². The van der Waals surface area contributed by atoms with E-state index in [1.807, 2.05) is 12.1 Å². The van der Waals surface area contributed by atoms with Crippen LogP contribution in [0.1, 0.15) is 51.6 Å². The lowest BCUT2D eigenvalue weighted by Crippen LogP contribution is -2.28. The SMILES string of the molecule is CCCNC(c1ccc(Cl)cc1Cl)C(CC)CC. The molecule has 0 amide bonds. The minimum Gasteiger partial charge on any atom is -0.310 e. The molecule has 0 aliphatic heterocycles. The van der Waals surface area contributed by atoms with Gasteiger partial charge in [0, 0.05) is 16.1 Å². The number of rotatable bonds is 7. The van der Waals surface area contributed by atoms with Gasteiger partial charge in [-0.3, -0.25) is 0 Å². The lowest BCUT2D eigenvalue weighted by Gasteiger charge is -2.28. The summed E-state index contributed by atoms with van der Waals surface area (Å²) in [6.45, 7) is 7.66. The van der Waals surface area contributed by atoms with Crippen LogP contribution in [0.25, 0.3) is 0 Å². The van der Waals surface area contributed by atoms with Crippen molar-refractivity contribution in [1.82, 2.24) is 5.32 Å². The molecule has 0 spiro atoms. The average molecular weight is 288 g/mol. The van der Waals surface area contributed by atoms with E-state index in [4.69, 9.17) is 23.2 Å². The van der Waals surface area contributed by atoms with E-state index in [0.717, 1.165) is 30.8 Å². The van der Waals surface area contributed by atoms with Crippen molar-refractivity contribution in [1.29, 1.82) is 0 Å². The van der Waals surface area contributed by atoms with Crippen LogP contribution in [0.5, 0.6) is 0 Å². The van der Waals surface area contributed by atoms with Crippen LogP contribution < -0.4 is 5.32 Å². The van der Waals surface area contributed by atoms with Gasteiger partial charge in [0.05, 0.1) is 0 Å². The van der Waals surface area contributed by atoms with E-state index in [2.05, 4.69) is 32.2 Å². The van der Waals surface area contributed by atoms with Gasteiger partial charge in [0.1, 0.15) is 0 Å². The van der Waals surface area contributed by atoms with Crippen LogP contribution in [0.3, 0.4) is 0 Å². The zero-order chi connectivity index (χ0) is 13.5. The lowest BCUT2D eigenvalue weighted by molar-refractivity contribution is 0.341. The fourth-order valence-electron chi connectivity index (χ4n) is 2.34. The molecule has 1 N–H and O–H groups in total. The quantitative estimate of drug-likeness (QED) is 0.701. The maximum atomic E-state index is 6.34. The Morgan fingerprint density at radius 1 is 1.11 bits per heavy atom. The Morgan fingerprint density at radius 3 is 2.28 bits per heavy atom.